The highest BCUT2D eigenvalue weighted by Gasteiger charge is 2.15. The maximum absolute atomic E-state index is 12.0. The molecular formula is C20H23NO4. The summed E-state index contributed by atoms with van der Waals surface area (Å²) < 4.78 is 5.84. The van der Waals surface area contributed by atoms with Crippen molar-refractivity contribution >= 4 is 23.6 Å². The second kappa shape index (κ2) is 7.83. The second-order valence-corrected chi connectivity index (χ2v) is 6.49. The predicted molar refractivity (Wildman–Crippen MR) is 98.0 cm³/mol. The number of carboxylic acid groups (broad SMARTS) is 1. The van der Waals surface area contributed by atoms with E-state index in [0.717, 1.165) is 11.3 Å². The lowest BCUT2D eigenvalue weighted by Gasteiger charge is -2.07. The fourth-order valence-corrected chi connectivity index (χ4v) is 2.50. The highest BCUT2D eigenvalue weighted by Crippen LogP contribution is 2.30. The molecule has 5 nitrogen and oxygen atoms in total. The van der Waals surface area contributed by atoms with E-state index in [4.69, 9.17) is 9.52 Å². The van der Waals surface area contributed by atoms with Crippen LogP contribution in [0.1, 0.15) is 67.0 Å². The summed E-state index contributed by atoms with van der Waals surface area (Å²) in [7, 11) is 0. The lowest BCUT2D eigenvalue weighted by atomic mass is 9.98. The Labute approximate surface area is 147 Å². The molecule has 0 spiro atoms. The van der Waals surface area contributed by atoms with Crippen LogP contribution in [0.5, 0.6) is 0 Å². The lowest BCUT2D eigenvalue weighted by Crippen LogP contribution is -2.08. The molecule has 0 atom stereocenters. The van der Waals surface area contributed by atoms with Crippen LogP contribution < -0.4 is 5.32 Å². The van der Waals surface area contributed by atoms with Gasteiger partial charge in [-0.1, -0.05) is 33.8 Å². The zero-order valence-electron chi connectivity index (χ0n) is 14.9. The fourth-order valence-electron chi connectivity index (χ4n) is 2.50. The number of aromatic carboxylic acids is 1. The zero-order valence-corrected chi connectivity index (χ0v) is 14.9. The SMILES string of the molecule is CC(C)c1cc(C=CC(=O)Nc2cccc(C(=O)O)c2)oc1C(C)C. The number of hydrogen-bond donors (Lipinski definition) is 2. The second-order valence-electron chi connectivity index (χ2n) is 6.49. The van der Waals surface area contributed by atoms with Gasteiger partial charge in [-0.3, -0.25) is 4.79 Å². The minimum atomic E-state index is -1.04. The largest absolute Gasteiger partial charge is 0.478 e. The van der Waals surface area contributed by atoms with Crippen molar-refractivity contribution in [1.82, 2.24) is 0 Å². The Bertz CT molecular complexity index is 774. The molecule has 25 heavy (non-hydrogen) atoms. The third-order valence-corrected chi connectivity index (χ3v) is 3.73. The number of furan rings is 1. The molecular weight excluding hydrogens is 318 g/mol. The molecule has 0 aliphatic heterocycles. The average Bonchev–Trinajstić information content (AvgIpc) is 2.98. The molecule has 0 aliphatic carbocycles. The zero-order chi connectivity index (χ0) is 18.6. The van der Waals surface area contributed by atoms with Gasteiger partial charge in [0.1, 0.15) is 11.5 Å². The molecule has 0 radical (unpaired) electrons. The first kappa shape index (κ1) is 18.5. The highest BCUT2D eigenvalue weighted by molar-refractivity contribution is 6.02. The Morgan fingerprint density at radius 3 is 2.40 bits per heavy atom. The Hall–Kier alpha value is -2.82. The minimum Gasteiger partial charge on any atom is -0.478 e. The molecule has 0 aliphatic rings. The van der Waals surface area contributed by atoms with Crippen LogP contribution in [-0.2, 0) is 4.79 Å². The van der Waals surface area contributed by atoms with Crippen molar-refractivity contribution in [1.29, 1.82) is 0 Å². The predicted octanol–water partition coefficient (Wildman–Crippen LogP) is 4.88. The first-order valence-electron chi connectivity index (χ1n) is 8.24. The van der Waals surface area contributed by atoms with E-state index in [1.54, 1.807) is 18.2 Å². The van der Waals surface area contributed by atoms with E-state index in [1.807, 2.05) is 6.07 Å². The van der Waals surface area contributed by atoms with Crippen molar-refractivity contribution in [2.75, 3.05) is 5.32 Å². The van der Waals surface area contributed by atoms with Gasteiger partial charge < -0.3 is 14.8 Å². The minimum absolute atomic E-state index is 0.121. The number of anilines is 1. The van der Waals surface area contributed by atoms with Crippen LogP contribution in [0, 0.1) is 0 Å². The van der Waals surface area contributed by atoms with Crippen LogP contribution in [0.15, 0.2) is 40.8 Å². The van der Waals surface area contributed by atoms with Crippen molar-refractivity contribution in [2.45, 2.75) is 39.5 Å². The molecule has 0 bridgehead atoms. The molecule has 0 unspecified atom stereocenters. The Morgan fingerprint density at radius 1 is 1.12 bits per heavy atom. The number of benzene rings is 1. The quantitative estimate of drug-likeness (QED) is 0.734. The molecule has 5 heteroatoms. The molecule has 2 N–H and O–H groups in total. The normalized spacial score (nSPS) is 11.4. The van der Waals surface area contributed by atoms with E-state index in [0.29, 0.717) is 17.4 Å². The van der Waals surface area contributed by atoms with Crippen molar-refractivity contribution in [3.05, 3.63) is 59.1 Å². The van der Waals surface area contributed by atoms with Crippen molar-refractivity contribution < 1.29 is 19.1 Å². The Morgan fingerprint density at radius 2 is 1.84 bits per heavy atom. The van der Waals surface area contributed by atoms with Gasteiger partial charge in [-0.25, -0.2) is 4.79 Å². The van der Waals surface area contributed by atoms with Crippen LogP contribution >= 0.6 is 0 Å². The van der Waals surface area contributed by atoms with Crippen molar-refractivity contribution in [2.24, 2.45) is 0 Å². The summed E-state index contributed by atoms with van der Waals surface area (Å²) in [5.41, 5.74) is 1.69. The molecule has 1 amide bonds. The molecule has 2 rings (SSSR count). The number of carbonyl (C=O) groups is 2. The highest BCUT2D eigenvalue weighted by atomic mass is 16.4. The number of nitrogens with one attached hydrogen (secondary N) is 1. The van der Waals surface area contributed by atoms with Crippen molar-refractivity contribution in [3.8, 4) is 0 Å². The van der Waals surface area contributed by atoms with E-state index in [2.05, 4.69) is 33.0 Å². The fraction of sp³-hybridized carbons (Fsp3) is 0.300. The van der Waals surface area contributed by atoms with Gasteiger partial charge in [0.15, 0.2) is 0 Å². The summed E-state index contributed by atoms with van der Waals surface area (Å²) in [6.07, 6.45) is 2.99. The maximum Gasteiger partial charge on any atom is 0.335 e. The molecule has 0 saturated heterocycles. The van der Waals surface area contributed by atoms with Gasteiger partial charge in [0.05, 0.1) is 5.56 Å². The van der Waals surface area contributed by atoms with Gasteiger partial charge in [-0.15, -0.1) is 0 Å². The number of carbonyl (C=O) groups excluding carboxylic acids is 1. The van der Waals surface area contributed by atoms with Crippen LogP contribution in [0.2, 0.25) is 0 Å². The van der Waals surface area contributed by atoms with Gasteiger partial charge in [-0.2, -0.15) is 0 Å². The summed E-state index contributed by atoms with van der Waals surface area (Å²) in [5, 5.41) is 11.6. The number of amides is 1. The van der Waals surface area contributed by atoms with E-state index >= 15 is 0 Å². The van der Waals surface area contributed by atoms with E-state index in [9.17, 15) is 9.59 Å². The molecule has 132 valence electrons. The number of carboxylic acids is 1. The summed E-state index contributed by atoms with van der Waals surface area (Å²) in [4.78, 5) is 23.0. The van der Waals surface area contributed by atoms with E-state index < -0.39 is 5.97 Å². The third kappa shape index (κ3) is 4.83. The summed E-state index contributed by atoms with van der Waals surface area (Å²) >= 11 is 0. The number of rotatable bonds is 6. The first-order chi connectivity index (χ1) is 11.8. The monoisotopic (exact) mass is 341 g/mol. The smallest absolute Gasteiger partial charge is 0.335 e. The standard InChI is InChI=1S/C20H23NO4/c1-12(2)17-11-16(25-19(17)13(3)4)8-9-18(22)21-15-7-5-6-14(10-15)20(23)24/h5-13H,1-4H3,(H,21,22)(H,23,24). The first-order valence-corrected chi connectivity index (χ1v) is 8.24. The van der Waals surface area contributed by atoms with Gasteiger partial charge in [0, 0.05) is 17.7 Å². The van der Waals surface area contributed by atoms with Gasteiger partial charge >= 0.3 is 5.97 Å². The molecule has 2 aromatic rings. The maximum atomic E-state index is 12.0. The summed E-state index contributed by atoms with van der Waals surface area (Å²) in [5.74, 6) is 0.787. The van der Waals surface area contributed by atoms with Crippen LogP contribution in [-0.4, -0.2) is 17.0 Å². The average molecular weight is 341 g/mol. The van der Waals surface area contributed by atoms with Crippen LogP contribution in [0.3, 0.4) is 0 Å². The number of hydrogen-bond acceptors (Lipinski definition) is 3. The topological polar surface area (TPSA) is 79.5 Å². The Kier molecular flexibility index (Phi) is 5.80. The molecule has 1 aromatic heterocycles. The third-order valence-electron chi connectivity index (χ3n) is 3.73. The molecule has 0 saturated carbocycles. The summed E-state index contributed by atoms with van der Waals surface area (Å²) in [6.45, 7) is 8.35. The van der Waals surface area contributed by atoms with Gasteiger partial charge in [0.25, 0.3) is 0 Å². The molecule has 1 aromatic carbocycles. The lowest BCUT2D eigenvalue weighted by molar-refractivity contribution is -0.111. The van der Waals surface area contributed by atoms with Gasteiger partial charge in [-0.05, 0) is 41.8 Å². The van der Waals surface area contributed by atoms with E-state index in [1.165, 1.54) is 18.2 Å². The van der Waals surface area contributed by atoms with Gasteiger partial charge in [0.2, 0.25) is 5.91 Å². The Balaban J connectivity index is 2.11. The van der Waals surface area contributed by atoms with Crippen LogP contribution in [0.4, 0.5) is 5.69 Å². The molecule has 0 fully saturated rings. The molecule has 1 heterocycles. The van der Waals surface area contributed by atoms with Crippen LogP contribution in [0.25, 0.3) is 6.08 Å². The van der Waals surface area contributed by atoms with Crippen molar-refractivity contribution in [3.63, 3.8) is 0 Å². The van der Waals surface area contributed by atoms with E-state index in [-0.39, 0.29) is 17.4 Å². The summed E-state index contributed by atoms with van der Waals surface area (Å²) in [6, 6.07) is 8.05.